The van der Waals surface area contributed by atoms with Crippen LogP contribution in [0.3, 0.4) is 0 Å². The number of aryl methyl sites for hydroxylation is 2. The molecule has 0 bridgehead atoms. The Morgan fingerprint density at radius 2 is 2.06 bits per heavy atom. The van der Waals surface area contributed by atoms with Gasteiger partial charge in [-0.1, -0.05) is 6.92 Å². The van der Waals surface area contributed by atoms with Crippen molar-refractivity contribution in [3.8, 4) is 0 Å². The molecule has 0 spiro atoms. The minimum atomic E-state index is -0.143. The lowest BCUT2D eigenvalue weighted by molar-refractivity contribution is -0.0100. The first-order valence-electron chi connectivity index (χ1n) is 6.34. The fourth-order valence-corrected chi connectivity index (χ4v) is 2.48. The van der Waals surface area contributed by atoms with E-state index >= 15 is 0 Å². The van der Waals surface area contributed by atoms with E-state index < -0.39 is 0 Å². The van der Waals surface area contributed by atoms with E-state index in [9.17, 15) is 0 Å². The van der Waals surface area contributed by atoms with Crippen molar-refractivity contribution in [1.29, 1.82) is 0 Å². The summed E-state index contributed by atoms with van der Waals surface area (Å²) in [7, 11) is 1.95. The van der Waals surface area contributed by atoms with Crippen LogP contribution in [0.2, 0.25) is 0 Å². The Labute approximate surface area is 118 Å². The number of hydrogen-bond donors (Lipinski definition) is 1. The van der Waals surface area contributed by atoms with Crippen LogP contribution in [0, 0.1) is 0 Å². The molecule has 1 rings (SSSR count). The van der Waals surface area contributed by atoms with Gasteiger partial charge in [-0.05, 0) is 43.1 Å². The Bertz CT molecular complexity index is 396. The molecular formula is C13H24BrN3O. The van der Waals surface area contributed by atoms with Gasteiger partial charge in [-0.25, -0.2) is 0 Å². The molecule has 4 nitrogen and oxygen atoms in total. The first-order valence-corrected chi connectivity index (χ1v) is 7.13. The van der Waals surface area contributed by atoms with E-state index in [2.05, 4.69) is 28.0 Å². The summed E-state index contributed by atoms with van der Waals surface area (Å²) >= 11 is 3.60. The van der Waals surface area contributed by atoms with Crippen molar-refractivity contribution in [3.05, 3.63) is 15.9 Å². The van der Waals surface area contributed by atoms with Crippen molar-refractivity contribution < 1.29 is 4.74 Å². The molecule has 104 valence electrons. The molecule has 0 saturated carbocycles. The fraction of sp³-hybridized carbons (Fsp3) is 0.769. The van der Waals surface area contributed by atoms with Crippen LogP contribution in [-0.2, 0) is 24.6 Å². The van der Waals surface area contributed by atoms with Crippen LogP contribution in [0.25, 0.3) is 0 Å². The third-order valence-electron chi connectivity index (χ3n) is 2.69. The van der Waals surface area contributed by atoms with Gasteiger partial charge < -0.3 is 10.5 Å². The van der Waals surface area contributed by atoms with E-state index in [1.807, 2.05) is 32.5 Å². The number of rotatable bonds is 5. The molecule has 1 heterocycles. The van der Waals surface area contributed by atoms with Crippen LogP contribution in [-0.4, -0.2) is 28.0 Å². The maximum absolute atomic E-state index is 6.11. The van der Waals surface area contributed by atoms with Crippen LogP contribution in [0.1, 0.15) is 39.1 Å². The normalized spacial score (nSPS) is 13.9. The summed E-state index contributed by atoms with van der Waals surface area (Å²) in [4.78, 5) is 0. The Morgan fingerprint density at radius 3 is 2.50 bits per heavy atom. The van der Waals surface area contributed by atoms with Gasteiger partial charge in [0.15, 0.2) is 0 Å². The molecule has 0 aliphatic heterocycles. The highest BCUT2D eigenvalue weighted by atomic mass is 79.9. The average Bonchev–Trinajstić information content (AvgIpc) is 2.53. The van der Waals surface area contributed by atoms with E-state index in [1.54, 1.807) is 0 Å². The number of nitrogens with two attached hydrogens (primary N) is 1. The highest BCUT2D eigenvalue weighted by Crippen LogP contribution is 2.22. The predicted octanol–water partition coefficient (Wildman–Crippen LogP) is 2.43. The summed E-state index contributed by atoms with van der Waals surface area (Å²) < 4.78 is 8.69. The molecule has 1 aromatic rings. The van der Waals surface area contributed by atoms with E-state index in [1.165, 1.54) is 0 Å². The molecule has 1 aromatic heterocycles. The highest BCUT2D eigenvalue weighted by molar-refractivity contribution is 9.10. The zero-order valence-electron chi connectivity index (χ0n) is 12.0. The van der Waals surface area contributed by atoms with Gasteiger partial charge in [0.1, 0.15) is 0 Å². The molecular weight excluding hydrogens is 294 g/mol. The summed E-state index contributed by atoms with van der Waals surface area (Å²) in [6, 6.07) is -0.0133. The molecule has 0 fully saturated rings. The Kier molecular flexibility index (Phi) is 5.37. The summed E-state index contributed by atoms with van der Waals surface area (Å²) in [6.45, 7) is 8.76. The van der Waals surface area contributed by atoms with E-state index in [4.69, 9.17) is 10.5 Å². The Hall–Kier alpha value is -0.390. The first-order chi connectivity index (χ1) is 8.24. The zero-order chi connectivity index (χ0) is 13.9. The topological polar surface area (TPSA) is 53.1 Å². The smallest absolute Gasteiger partial charge is 0.0766 e. The number of nitrogens with zero attached hydrogens (tertiary/aromatic N) is 2. The summed E-state index contributed by atoms with van der Waals surface area (Å²) in [5.74, 6) is 0. The second-order valence-electron chi connectivity index (χ2n) is 5.57. The molecule has 1 unspecified atom stereocenters. The lowest BCUT2D eigenvalue weighted by Gasteiger charge is -2.22. The monoisotopic (exact) mass is 317 g/mol. The van der Waals surface area contributed by atoms with Crippen LogP contribution >= 0.6 is 15.9 Å². The van der Waals surface area contributed by atoms with Crippen LogP contribution in [0.15, 0.2) is 4.47 Å². The average molecular weight is 318 g/mol. The van der Waals surface area contributed by atoms with Crippen LogP contribution in [0.5, 0.6) is 0 Å². The van der Waals surface area contributed by atoms with Crippen LogP contribution < -0.4 is 5.73 Å². The van der Waals surface area contributed by atoms with Gasteiger partial charge in [0, 0.05) is 19.5 Å². The number of hydrogen-bond acceptors (Lipinski definition) is 3. The van der Waals surface area contributed by atoms with Crippen molar-refractivity contribution in [3.63, 3.8) is 0 Å². The molecule has 18 heavy (non-hydrogen) atoms. The maximum Gasteiger partial charge on any atom is 0.0766 e. The largest absolute Gasteiger partial charge is 0.374 e. The van der Waals surface area contributed by atoms with Crippen LogP contribution in [0.4, 0.5) is 0 Å². The van der Waals surface area contributed by atoms with Gasteiger partial charge >= 0.3 is 0 Å². The Morgan fingerprint density at radius 1 is 1.44 bits per heavy atom. The molecule has 2 N–H and O–H groups in total. The fourth-order valence-electron chi connectivity index (χ4n) is 1.71. The predicted molar refractivity (Wildman–Crippen MR) is 77.7 cm³/mol. The van der Waals surface area contributed by atoms with Gasteiger partial charge in [-0.2, -0.15) is 5.10 Å². The highest BCUT2D eigenvalue weighted by Gasteiger charge is 2.18. The Balaban J connectivity index is 2.64. The summed E-state index contributed by atoms with van der Waals surface area (Å²) in [5, 5.41) is 4.46. The molecule has 1 atom stereocenters. The summed E-state index contributed by atoms with van der Waals surface area (Å²) in [5.41, 5.74) is 8.19. The van der Waals surface area contributed by atoms with Gasteiger partial charge in [-0.15, -0.1) is 0 Å². The quantitative estimate of drug-likeness (QED) is 0.907. The second kappa shape index (κ2) is 6.17. The van der Waals surface area contributed by atoms with Crippen molar-refractivity contribution in [2.45, 2.75) is 52.2 Å². The number of halogens is 1. The van der Waals surface area contributed by atoms with E-state index in [-0.39, 0.29) is 11.6 Å². The molecule has 0 aliphatic carbocycles. The van der Waals surface area contributed by atoms with E-state index in [0.717, 1.165) is 28.7 Å². The first kappa shape index (κ1) is 15.7. The minimum absolute atomic E-state index is 0.0133. The lowest BCUT2D eigenvalue weighted by atomic mass is 10.1. The molecule has 0 radical (unpaired) electrons. The standard InChI is InChI=1S/C13H24BrN3O/c1-6-10-12(14)11(17(5)16-10)7-9(15)8-18-13(2,3)4/h9H,6-8,15H2,1-5H3. The van der Waals surface area contributed by atoms with Crippen molar-refractivity contribution in [2.75, 3.05) is 6.61 Å². The molecule has 0 aromatic carbocycles. The third kappa shape index (κ3) is 4.37. The SMILES string of the molecule is CCc1nn(C)c(CC(N)COC(C)(C)C)c1Br. The second-order valence-corrected chi connectivity index (χ2v) is 6.37. The minimum Gasteiger partial charge on any atom is -0.374 e. The molecule has 0 aliphatic rings. The van der Waals surface area contributed by atoms with E-state index in [0.29, 0.717) is 6.61 Å². The number of aromatic nitrogens is 2. The van der Waals surface area contributed by atoms with Crippen molar-refractivity contribution in [1.82, 2.24) is 9.78 Å². The maximum atomic E-state index is 6.11. The van der Waals surface area contributed by atoms with Gasteiger partial charge in [0.25, 0.3) is 0 Å². The summed E-state index contributed by atoms with van der Waals surface area (Å²) in [6.07, 6.45) is 1.68. The molecule has 5 heteroatoms. The van der Waals surface area contributed by atoms with Gasteiger partial charge in [0.2, 0.25) is 0 Å². The third-order valence-corrected chi connectivity index (χ3v) is 3.60. The number of ether oxygens (including phenoxy) is 1. The molecule has 0 amide bonds. The van der Waals surface area contributed by atoms with Crippen molar-refractivity contribution >= 4 is 15.9 Å². The van der Waals surface area contributed by atoms with Gasteiger partial charge in [0.05, 0.1) is 28.1 Å². The lowest BCUT2D eigenvalue weighted by Crippen LogP contribution is -2.34. The molecule has 0 saturated heterocycles. The van der Waals surface area contributed by atoms with Gasteiger partial charge in [-0.3, -0.25) is 4.68 Å². The van der Waals surface area contributed by atoms with Crippen molar-refractivity contribution in [2.24, 2.45) is 12.8 Å². The zero-order valence-corrected chi connectivity index (χ0v) is 13.5.